The third-order valence-corrected chi connectivity index (χ3v) is 10.1. The smallest absolute Gasteiger partial charge is 0.103 e. The molecule has 0 saturated carbocycles. The number of para-hydroxylation sites is 1. The first-order chi connectivity index (χ1) is 21.8. The molecule has 208 valence electrons. The largest absolute Gasteiger partial charge is 0.368 e. The molecular weight excluding hydrogens is 553 g/mol. The van der Waals surface area contributed by atoms with E-state index in [1.54, 1.807) is 0 Å². The van der Waals surface area contributed by atoms with Crippen LogP contribution in [0.3, 0.4) is 0 Å². The van der Waals surface area contributed by atoms with E-state index in [9.17, 15) is 0 Å². The first kappa shape index (κ1) is 25.3. The van der Waals surface area contributed by atoms with E-state index < -0.39 is 0 Å². The van der Waals surface area contributed by atoms with E-state index in [4.69, 9.17) is 0 Å². The van der Waals surface area contributed by atoms with Gasteiger partial charge in [0.1, 0.15) is 5.37 Å². The SMILES string of the molecule is c1ccc(-c2ccc(N(c3ccccc3)c3c4c5c(cccc5c5ccccc35)C3=C4NC(c4ccccc4)S3)cc2)cc1. The normalized spacial score (nSPS) is 15.0. The Morgan fingerprint density at radius 2 is 1.09 bits per heavy atom. The highest BCUT2D eigenvalue weighted by Gasteiger charge is 2.38. The lowest BCUT2D eigenvalue weighted by Gasteiger charge is -2.30. The lowest BCUT2D eigenvalue weighted by Crippen LogP contribution is -2.17. The topological polar surface area (TPSA) is 15.3 Å². The maximum Gasteiger partial charge on any atom is 0.103 e. The van der Waals surface area contributed by atoms with Crippen LogP contribution in [-0.4, -0.2) is 0 Å². The second-order valence-electron chi connectivity index (χ2n) is 11.3. The third-order valence-electron chi connectivity index (χ3n) is 8.83. The number of nitrogens with zero attached hydrogens (tertiary/aromatic N) is 1. The molecule has 7 aromatic rings. The molecule has 3 heteroatoms. The van der Waals surface area contributed by atoms with Crippen LogP contribution < -0.4 is 10.2 Å². The third kappa shape index (κ3) is 3.90. The van der Waals surface area contributed by atoms with E-state index in [1.807, 2.05) is 11.8 Å². The molecule has 0 aromatic heterocycles. The summed E-state index contributed by atoms with van der Waals surface area (Å²) in [5, 5.41) is 9.30. The average molecular weight is 581 g/mol. The van der Waals surface area contributed by atoms with Crippen LogP contribution in [0.1, 0.15) is 22.1 Å². The number of benzene rings is 7. The molecule has 1 aliphatic heterocycles. The van der Waals surface area contributed by atoms with Crippen LogP contribution in [0.2, 0.25) is 0 Å². The fourth-order valence-corrected chi connectivity index (χ4v) is 8.15. The van der Waals surface area contributed by atoms with Crippen LogP contribution in [0.25, 0.3) is 43.3 Å². The Kier molecular flexibility index (Phi) is 5.85. The van der Waals surface area contributed by atoms with Crippen LogP contribution >= 0.6 is 11.8 Å². The molecule has 9 rings (SSSR count). The molecule has 0 fully saturated rings. The maximum atomic E-state index is 3.99. The molecule has 2 aliphatic rings. The summed E-state index contributed by atoms with van der Waals surface area (Å²) in [6.45, 7) is 0. The number of thioether (sulfide) groups is 1. The highest BCUT2D eigenvalue weighted by molar-refractivity contribution is 8.09. The molecule has 0 amide bonds. The Bertz CT molecular complexity index is 2210. The Hall–Kier alpha value is -5.25. The van der Waals surface area contributed by atoms with Crippen molar-refractivity contribution < 1.29 is 0 Å². The van der Waals surface area contributed by atoms with Gasteiger partial charge in [0, 0.05) is 32.6 Å². The Balaban J connectivity index is 1.31. The molecule has 1 N–H and O–H groups in total. The molecule has 44 heavy (non-hydrogen) atoms. The number of fused-ring (bicyclic) bond motifs is 4. The number of hydrogen-bond acceptors (Lipinski definition) is 3. The van der Waals surface area contributed by atoms with Gasteiger partial charge in [0.25, 0.3) is 0 Å². The van der Waals surface area contributed by atoms with Gasteiger partial charge in [-0.25, -0.2) is 0 Å². The molecule has 1 unspecified atom stereocenters. The standard InChI is InChI=1S/C41H28N2S/c1-4-13-27(14-5-1)28-23-25-31(26-24-28)43(30-17-8-3-9-18-30)39-34-20-11-10-19-32(34)33-21-12-22-35-36(33)37(39)38-40(35)44-41(42-38)29-15-6-2-7-16-29/h1-26,41-42H. The summed E-state index contributed by atoms with van der Waals surface area (Å²) in [7, 11) is 0. The summed E-state index contributed by atoms with van der Waals surface area (Å²) in [6, 6.07) is 56.9. The van der Waals surface area contributed by atoms with Crippen molar-refractivity contribution in [2.45, 2.75) is 5.37 Å². The average Bonchev–Trinajstić information content (AvgIpc) is 3.67. The van der Waals surface area contributed by atoms with E-state index in [0.29, 0.717) is 0 Å². The first-order valence-electron chi connectivity index (χ1n) is 15.1. The van der Waals surface area contributed by atoms with Crippen molar-refractivity contribution in [3.05, 3.63) is 174 Å². The van der Waals surface area contributed by atoms with Crippen molar-refractivity contribution in [2.75, 3.05) is 4.90 Å². The van der Waals surface area contributed by atoms with Crippen LogP contribution in [0, 0.1) is 0 Å². The van der Waals surface area contributed by atoms with Gasteiger partial charge in [-0.15, -0.1) is 0 Å². The molecule has 1 aliphatic carbocycles. The molecule has 0 radical (unpaired) electrons. The molecule has 2 nitrogen and oxygen atoms in total. The van der Waals surface area contributed by atoms with Crippen molar-refractivity contribution >= 4 is 61.0 Å². The highest BCUT2D eigenvalue weighted by Crippen LogP contribution is 2.60. The van der Waals surface area contributed by atoms with Crippen LogP contribution in [0.5, 0.6) is 0 Å². The van der Waals surface area contributed by atoms with Gasteiger partial charge in [-0.2, -0.15) is 0 Å². The van der Waals surface area contributed by atoms with Crippen LogP contribution in [0.15, 0.2) is 158 Å². The Morgan fingerprint density at radius 3 is 1.84 bits per heavy atom. The Labute approximate surface area is 261 Å². The van der Waals surface area contributed by atoms with Crippen molar-refractivity contribution in [3.8, 4) is 11.1 Å². The number of hydrogen-bond donors (Lipinski definition) is 1. The van der Waals surface area contributed by atoms with E-state index in [0.717, 1.165) is 11.4 Å². The Morgan fingerprint density at radius 1 is 0.500 bits per heavy atom. The molecule has 0 bridgehead atoms. The van der Waals surface area contributed by atoms with E-state index in [2.05, 4.69) is 168 Å². The second kappa shape index (κ2) is 10.2. The zero-order valence-electron chi connectivity index (χ0n) is 23.9. The van der Waals surface area contributed by atoms with Crippen molar-refractivity contribution in [2.24, 2.45) is 0 Å². The molecular formula is C41H28N2S. The number of anilines is 3. The van der Waals surface area contributed by atoms with E-state index >= 15 is 0 Å². The molecule has 1 atom stereocenters. The summed E-state index contributed by atoms with van der Waals surface area (Å²) < 4.78 is 0. The zero-order chi connectivity index (χ0) is 29.0. The molecule has 0 spiro atoms. The van der Waals surface area contributed by atoms with Gasteiger partial charge in [-0.3, -0.25) is 0 Å². The van der Waals surface area contributed by atoms with Gasteiger partial charge in [-0.1, -0.05) is 145 Å². The summed E-state index contributed by atoms with van der Waals surface area (Å²) in [5.74, 6) is 0. The molecule has 0 saturated heterocycles. The summed E-state index contributed by atoms with van der Waals surface area (Å²) in [4.78, 5) is 3.80. The van der Waals surface area contributed by atoms with Crippen molar-refractivity contribution in [3.63, 3.8) is 0 Å². The second-order valence-corrected chi connectivity index (χ2v) is 12.5. The van der Waals surface area contributed by atoms with Gasteiger partial charge < -0.3 is 10.2 Å². The van der Waals surface area contributed by atoms with E-state index in [-0.39, 0.29) is 5.37 Å². The summed E-state index contributed by atoms with van der Waals surface area (Å²) in [6.07, 6.45) is 0. The predicted molar refractivity (Wildman–Crippen MR) is 188 cm³/mol. The summed E-state index contributed by atoms with van der Waals surface area (Å²) >= 11 is 1.93. The quantitative estimate of drug-likeness (QED) is 0.204. The van der Waals surface area contributed by atoms with Gasteiger partial charge >= 0.3 is 0 Å². The fourth-order valence-electron chi connectivity index (χ4n) is 6.87. The van der Waals surface area contributed by atoms with Gasteiger partial charge in [-0.05, 0) is 57.3 Å². The highest BCUT2D eigenvalue weighted by atomic mass is 32.2. The number of rotatable bonds is 5. The zero-order valence-corrected chi connectivity index (χ0v) is 24.8. The van der Waals surface area contributed by atoms with Crippen LogP contribution in [0.4, 0.5) is 17.1 Å². The monoisotopic (exact) mass is 580 g/mol. The number of nitrogens with one attached hydrogen (secondary N) is 1. The minimum atomic E-state index is 0.166. The van der Waals surface area contributed by atoms with Crippen LogP contribution in [-0.2, 0) is 0 Å². The van der Waals surface area contributed by atoms with Gasteiger partial charge in [0.15, 0.2) is 0 Å². The van der Waals surface area contributed by atoms with Gasteiger partial charge in [0.05, 0.1) is 11.4 Å². The van der Waals surface area contributed by atoms with E-state index in [1.165, 1.54) is 65.7 Å². The molecule has 1 heterocycles. The maximum absolute atomic E-state index is 3.99. The summed E-state index contributed by atoms with van der Waals surface area (Å²) in [5.41, 5.74) is 11.0. The minimum Gasteiger partial charge on any atom is -0.368 e. The first-order valence-corrected chi connectivity index (χ1v) is 15.9. The van der Waals surface area contributed by atoms with Gasteiger partial charge in [0.2, 0.25) is 0 Å². The van der Waals surface area contributed by atoms with Crippen molar-refractivity contribution in [1.82, 2.24) is 5.32 Å². The van der Waals surface area contributed by atoms with Crippen molar-refractivity contribution in [1.29, 1.82) is 0 Å². The predicted octanol–water partition coefficient (Wildman–Crippen LogP) is 11.3. The molecule has 7 aromatic carbocycles. The fraction of sp³-hybridized carbons (Fsp3) is 0.0244. The lowest BCUT2D eigenvalue weighted by atomic mass is 9.93. The lowest BCUT2D eigenvalue weighted by molar-refractivity contribution is 0.881. The minimum absolute atomic E-state index is 0.166.